The van der Waals surface area contributed by atoms with Crippen LogP contribution in [0.25, 0.3) is 0 Å². The third kappa shape index (κ3) is 2.34. The first-order valence-corrected chi connectivity index (χ1v) is 5.99. The van der Waals surface area contributed by atoms with Crippen molar-refractivity contribution in [1.29, 1.82) is 0 Å². The first-order valence-electron chi connectivity index (χ1n) is 5.61. The standard InChI is InChI=1S/C13H14ClNO3/c1-13(12(17)18-2)6-8-5-9(14)3-4-10(8)15-11(16)7-13/h3-5H,6-7H2,1-2H3,(H,15,16). The zero-order valence-corrected chi connectivity index (χ0v) is 11.0. The minimum Gasteiger partial charge on any atom is -0.469 e. The van der Waals surface area contributed by atoms with Crippen LogP contribution < -0.4 is 5.32 Å². The van der Waals surface area contributed by atoms with E-state index in [0.717, 1.165) is 5.56 Å². The van der Waals surface area contributed by atoms with Crippen LogP contribution in [0.5, 0.6) is 0 Å². The van der Waals surface area contributed by atoms with Crippen LogP contribution in [-0.4, -0.2) is 19.0 Å². The number of benzene rings is 1. The Hall–Kier alpha value is -1.55. The highest BCUT2D eigenvalue weighted by molar-refractivity contribution is 6.30. The summed E-state index contributed by atoms with van der Waals surface area (Å²) in [6, 6.07) is 5.23. The molecule has 1 heterocycles. The molecule has 0 bridgehead atoms. The summed E-state index contributed by atoms with van der Waals surface area (Å²) in [5.41, 5.74) is 0.702. The molecule has 4 nitrogen and oxygen atoms in total. The van der Waals surface area contributed by atoms with Crippen LogP contribution >= 0.6 is 11.6 Å². The monoisotopic (exact) mass is 267 g/mol. The average molecular weight is 268 g/mol. The van der Waals surface area contributed by atoms with Crippen LogP contribution in [-0.2, 0) is 20.7 Å². The molecule has 2 rings (SSSR count). The summed E-state index contributed by atoms with van der Waals surface area (Å²) < 4.78 is 4.79. The number of halogens is 1. The van der Waals surface area contributed by atoms with Gasteiger partial charge in [0.25, 0.3) is 0 Å². The fourth-order valence-corrected chi connectivity index (χ4v) is 2.45. The predicted octanol–water partition coefficient (Wildman–Crippen LogP) is 2.40. The molecule has 0 fully saturated rings. The molecule has 0 saturated carbocycles. The summed E-state index contributed by atoms with van der Waals surface area (Å²) in [7, 11) is 1.33. The molecule has 1 amide bonds. The van der Waals surface area contributed by atoms with E-state index in [1.54, 1.807) is 25.1 Å². The van der Waals surface area contributed by atoms with Gasteiger partial charge in [-0.05, 0) is 37.1 Å². The number of hydrogen-bond acceptors (Lipinski definition) is 3. The van der Waals surface area contributed by atoms with Gasteiger partial charge in [-0.3, -0.25) is 9.59 Å². The van der Waals surface area contributed by atoms with Crippen LogP contribution in [0.15, 0.2) is 18.2 Å². The molecule has 1 aliphatic rings. The maximum Gasteiger partial charge on any atom is 0.312 e. The van der Waals surface area contributed by atoms with Crippen LogP contribution in [0.3, 0.4) is 0 Å². The van der Waals surface area contributed by atoms with Crippen molar-refractivity contribution in [3.8, 4) is 0 Å². The Kier molecular flexibility index (Phi) is 3.30. The molecule has 0 saturated heterocycles. The maximum atomic E-state index is 11.8. The van der Waals surface area contributed by atoms with Crippen molar-refractivity contribution in [2.24, 2.45) is 5.41 Å². The van der Waals surface area contributed by atoms with Crippen LogP contribution in [0, 0.1) is 5.41 Å². The van der Waals surface area contributed by atoms with E-state index < -0.39 is 5.41 Å². The number of ether oxygens (including phenoxy) is 1. The molecule has 1 atom stereocenters. The number of anilines is 1. The Morgan fingerprint density at radius 3 is 2.83 bits per heavy atom. The van der Waals surface area contributed by atoms with E-state index in [4.69, 9.17) is 16.3 Å². The second-order valence-corrected chi connectivity index (χ2v) is 5.19. The summed E-state index contributed by atoms with van der Waals surface area (Å²) in [4.78, 5) is 23.7. The lowest BCUT2D eigenvalue weighted by Crippen LogP contribution is -2.33. The van der Waals surface area contributed by atoms with E-state index in [1.807, 2.05) is 0 Å². The lowest BCUT2D eigenvalue weighted by atomic mass is 9.81. The summed E-state index contributed by atoms with van der Waals surface area (Å²) >= 11 is 5.94. The molecular formula is C13H14ClNO3. The van der Waals surface area contributed by atoms with Crippen molar-refractivity contribution in [3.05, 3.63) is 28.8 Å². The summed E-state index contributed by atoms with van der Waals surface area (Å²) in [6.45, 7) is 1.73. The smallest absolute Gasteiger partial charge is 0.312 e. The number of amides is 1. The van der Waals surface area contributed by atoms with Crippen molar-refractivity contribution in [2.75, 3.05) is 12.4 Å². The Bertz CT molecular complexity index is 515. The molecule has 1 unspecified atom stereocenters. The minimum absolute atomic E-state index is 0.103. The minimum atomic E-state index is -0.852. The van der Waals surface area contributed by atoms with E-state index in [1.165, 1.54) is 7.11 Å². The van der Waals surface area contributed by atoms with Crippen molar-refractivity contribution >= 4 is 29.2 Å². The largest absolute Gasteiger partial charge is 0.469 e. The number of rotatable bonds is 1. The molecule has 0 radical (unpaired) electrons. The number of hydrogen-bond donors (Lipinski definition) is 1. The lowest BCUT2D eigenvalue weighted by Gasteiger charge is -2.23. The Labute approximate surface area is 110 Å². The van der Waals surface area contributed by atoms with E-state index in [-0.39, 0.29) is 18.3 Å². The Morgan fingerprint density at radius 2 is 2.17 bits per heavy atom. The zero-order chi connectivity index (χ0) is 13.3. The van der Waals surface area contributed by atoms with Crippen molar-refractivity contribution in [1.82, 2.24) is 0 Å². The number of carbonyl (C=O) groups is 2. The SMILES string of the molecule is COC(=O)C1(C)CC(=O)Nc2ccc(Cl)cc2C1. The Morgan fingerprint density at radius 1 is 1.44 bits per heavy atom. The molecule has 0 aliphatic carbocycles. The number of esters is 1. The van der Waals surface area contributed by atoms with E-state index in [9.17, 15) is 9.59 Å². The number of nitrogens with one attached hydrogen (secondary N) is 1. The number of methoxy groups -OCH3 is 1. The lowest BCUT2D eigenvalue weighted by molar-refractivity contribution is -0.153. The van der Waals surface area contributed by atoms with Gasteiger partial charge in [0.1, 0.15) is 0 Å². The van der Waals surface area contributed by atoms with E-state index in [0.29, 0.717) is 17.1 Å². The van der Waals surface area contributed by atoms with Gasteiger partial charge in [-0.15, -0.1) is 0 Å². The van der Waals surface area contributed by atoms with Gasteiger partial charge in [0, 0.05) is 17.1 Å². The van der Waals surface area contributed by atoms with Gasteiger partial charge in [-0.25, -0.2) is 0 Å². The fourth-order valence-electron chi connectivity index (χ4n) is 2.25. The van der Waals surface area contributed by atoms with Crippen molar-refractivity contribution in [3.63, 3.8) is 0 Å². The van der Waals surface area contributed by atoms with E-state index in [2.05, 4.69) is 5.32 Å². The predicted molar refractivity (Wildman–Crippen MR) is 68.5 cm³/mol. The molecular weight excluding hydrogens is 254 g/mol. The molecule has 18 heavy (non-hydrogen) atoms. The summed E-state index contributed by atoms with van der Waals surface area (Å²) in [5, 5.41) is 3.36. The third-order valence-corrected chi connectivity index (χ3v) is 3.39. The van der Waals surface area contributed by atoms with Gasteiger partial charge in [-0.2, -0.15) is 0 Å². The molecule has 1 aromatic carbocycles. The Balaban J connectivity index is 2.45. The van der Waals surface area contributed by atoms with Crippen molar-refractivity contribution < 1.29 is 14.3 Å². The maximum absolute atomic E-state index is 11.8. The fraction of sp³-hybridized carbons (Fsp3) is 0.385. The van der Waals surface area contributed by atoms with Gasteiger partial charge in [0.15, 0.2) is 0 Å². The molecule has 5 heteroatoms. The van der Waals surface area contributed by atoms with Gasteiger partial charge in [0.05, 0.1) is 12.5 Å². The zero-order valence-electron chi connectivity index (χ0n) is 10.2. The second kappa shape index (κ2) is 4.61. The normalized spacial score (nSPS) is 22.7. The quantitative estimate of drug-likeness (QED) is 0.795. The van der Waals surface area contributed by atoms with Crippen molar-refractivity contribution in [2.45, 2.75) is 19.8 Å². The van der Waals surface area contributed by atoms with Gasteiger partial charge < -0.3 is 10.1 Å². The van der Waals surface area contributed by atoms with Crippen LogP contribution in [0.2, 0.25) is 5.02 Å². The summed E-state index contributed by atoms with van der Waals surface area (Å²) in [6.07, 6.45) is 0.528. The highest BCUT2D eigenvalue weighted by Crippen LogP contribution is 2.35. The van der Waals surface area contributed by atoms with Gasteiger partial charge in [0.2, 0.25) is 5.91 Å². The number of carbonyl (C=O) groups excluding carboxylic acids is 2. The van der Waals surface area contributed by atoms with E-state index >= 15 is 0 Å². The molecule has 0 spiro atoms. The molecule has 1 aliphatic heterocycles. The highest BCUT2D eigenvalue weighted by atomic mass is 35.5. The molecule has 1 aromatic rings. The van der Waals surface area contributed by atoms with Gasteiger partial charge in [-0.1, -0.05) is 11.6 Å². The first kappa shape index (κ1) is 12.9. The topological polar surface area (TPSA) is 55.4 Å². The second-order valence-electron chi connectivity index (χ2n) is 4.76. The van der Waals surface area contributed by atoms with Crippen LogP contribution in [0.4, 0.5) is 5.69 Å². The molecule has 0 aromatic heterocycles. The average Bonchev–Trinajstić information content (AvgIpc) is 2.43. The van der Waals surface area contributed by atoms with Crippen LogP contribution in [0.1, 0.15) is 18.9 Å². The van der Waals surface area contributed by atoms with Gasteiger partial charge >= 0.3 is 5.97 Å². The molecule has 96 valence electrons. The molecule has 1 N–H and O–H groups in total. The first-order chi connectivity index (χ1) is 8.44. The third-order valence-electron chi connectivity index (χ3n) is 3.15. The number of fused-ring (bicyclic) bond motifs is 1. The summed E-state index contributed by atoms with van der Waals surface area (Å²) in [5.74, 6) is -0.575. The highest BCUT2D eigenvalue weighted by Gasteiger charge is 2.39.